The number of amides is 1. The number of nitrogens with two attached hydrogens (primary N) is 1. The van der Waals surface area contributed by atoms with Crippen LogP contribution in [0.2, 0.25) is 5.02 Å². The van der Waals surface area contributed by atoms with Crippen LogP contribution in [0.3, 0.4) is 0 Å². The molecule has 2 rings (SSSR count). The lowest BCUT2D eigenvalue weighted by Gasteiger charge is -2.08. The fraction of sp³-hybridized carbons (Fsp3) is 0.0714. The summed E-state index contributed by atoms with van der Waals surface area (Å²) in [6, 6.07) is 12.2. The van der Waals surface area contributed by atoms with Gasteiger partial charge in [0.15, 0.2) is 0 Å². The average molecular weight is 261 g/mol. The summed E-state index contributed by atoms with van der Waals surface area (Å²) >= 11 is 5.99. The molecule has 0 unspecified atom stereocenters. The molecule has 0 heterocycles. The van der Waals surface area contributed by atoms with Crippen LogP contribution < -0.4 is 11.1 Å². The summed E-state index contributed by atoms with van der Waals surface area (Å²) in [7, 11) is 0. The minimum atomic E-state index is -0.181. The van der Waals surface area contributed by atoms with E-state index in [-0.39, 0.29) is 5.91 Å². The lowest BCUT2D eigenvalue weighted by molar-refractivity contribution is 0.102. The normalized spacial score (nSPS) is 10.1. The average Bonchev–Trinajstić information content (AvgIpc) is 2.35. The largest absolute Gasteiger partial charge is 0.399 e. The number of carbonyl (C=O) groups excluding carboxylic acids is 1. The lowest BCUT2D eigenvalue weighted by atomic mass is 10.1. The van der Waals surface area contributed by atoms with E-state index in [4.69, 9.17) is 17.3 Å². The van der Waals surface area contributed by atoms with E-state index in [0.29, 0.717) is 22.0 Å². The molecule has 0 aliphatic heterocycles. The molecule has 0 aliphatic carbocycles. The summed E-state index contributed by atoms with van der Waals surface area (Å²) in [5.74, 6) is -0.181. The van der Waals surface area contributed by atoms with Gasteiger partial charge in [0.05, 0.1) is 0 Å². The second-order valence-electron chi connectivity index (χ2n) is 3.99. The van der Waals surface area contributed by atoms with Crippen molar-refractivity contribution in [1.29, 1.82) is 0 Å². The number of halogens is 1. The minimum Gasteiger partial charge on any atom is -0.399 e. The van der Waals surface area contributed by atoms with E-state index >= 15 is 0 Å². The van der Waals surface area contributed by atoms with Crippen molar-refractivity contribution in [2.75, 3.05) is 11.1 Å². The summed E-state index contributed by atoms with van der Waals surface area (Å²) in [4.78, 5) is 12.1. The summed E-state index contributed by atoms with van der Waals surface area (Å²) in [5.41, 5.74) is 8.28. The van der Waals surface area contributed by atoms with Gasteiger partial charge in [0.1, 0.15) is 0 Å². The van der Waals surface area contributed by atoms with Gasteiger partial charge in [-0.25, -0.2) is 0 Å². The Bertz CT molecular complexity index is 579. The number of anilines is 2. The third-order valence-electron chi connectivity index (χ3n) is 2.68. The first-order valence-electron chi connectivity index (χ1n) is 5.50. The highest BCUT2D eigenvalue weighted by atomic mass is 35.5. The van der Waals surface area contributed by atoms with E-state index in [1.165, 1.54) is 0 Å². The van der Waals surface area contributed by atoms with Crippen molar-refractivity contribution >= 4 is 28.9 Å². The zero-order valence-corrected chi connectivity index (χ0v) is 10.7. The molecule has 2 aromatic rings. The molecule has 0 bridgehead atoms. The molecule has 2 aromatic carbocycles. The standard InChI is InChI=1S/C14H13ClN2O/c1-9-12(3-2-4-13(9)15)14(18)17-11-7-5-10(16)6-8-11/h2-8H,16H2,1H3,(H,17,18). The van der Waals surface area contributed by atoms with Gasteiger partial charge in [0.2, 0.25) is 0 Å². The Balaban J connectivity index is 2.22. The highest BCUT2D eigenvalue weighted by molar-refractivity contribution is 6.32. The van der Waals surface area contributed by atoms with E-state index in [9.17, 15) is 4.79 Å². The molecule has 0 saturated carbocycles. The van der Waals surface area contributed by atoms with E-state index in [1.807, 2.05) is 6.92 Å². The molecule has 0 spiro atoms. The summed E-state index contributed by atoms with van der Waals surface area (Å²) in [5, 5.41) is 3.38. The molecular weight excluding hydrogens is 248 g/mol. The second-order valence-corrected chi connectivity index (χ2v) is 4.40. The molecule has 0 aromatic heterocycles. The molecule has 0 aliphatic rings. The zero-order chi connectivity index (χ0) is 13.1. The fourth-order valence-corrected chi connectivity index (χ4v) is 1.79. The van der Waals surface area contributed by atoms with Crippen LogP contribution in [-0.2, 0) is 0 Å². The van der Waals surface area contributed by atoms with E-state index in [2.05, 4.69) is 5.32 Å². The minimum absolute atomic E-state index is 0.181. The predicted molar refractivity (Wildman–Crippen MR) is 75.0 cm³/mol. The van der Waals surface area contributed by atoms with Gasteiger partial charge in [0.25, 0.3) is 5.91 Å². The van der Waals surface area contributed by atoms with E-state index in [0.717, 1.165) is 5.56 Å². The molecule has 0 saturated heterocycles. The number of nitrogen functional groups attached to an aromatic ring is 1. The van der Waals surface area contributed by atoms with Crippen molar-refractivity contribution in [3.63, 3.8) is 0 Å². The first kappa shape index (κ1) is 12.5. The smallest absolute Gasteiger partial charge is 0.255 e. The van der Waals surface area contributed by atoms with Gasteiger partial charge < -0.3 is 11.1 Å². The lowest BCUT2D eigenvalue weighted by Crippen LogP contribution is -2.13. The van der Waals surface area contributed by atoms with Gasteiger partial charge in [-0.3, -0.25) is 4.79 Å². The van der Waals surface area contributed by atoms with Gasteiger partial charge >= 0.3 is 0 Å². The van der Waals surface area contributed by atoms with Crippen molar-refractivity contribution in [1.82, 2.24) is 0 Å². The number of hydrogen-bond acceptors (Lipinski definition) is 2. The Hall–Kier alpha value is -2.00. The van der Waals surface area contributed by atoms with Crippen LogP contribution in [0.25, 0.3) is 0 Å². The maximum absolute atomic E-state index is 12.1. The maximum Gasteiger partial charge on any atom is 0.255 e. The van der Waals surface area contributed by atoms with Crippen LogP contribution in [-0.4, -0.2) is 5.91 Å². The molecular formula is C14H13ClN2O. The molecule has 4 heteroatoms. The van der Waals surface area contributed by atoms with Crippen molar-refractivity contribution in [3.05, 3.63) is 58.6 Å². The molecule has 18 heavy (non-hydrogen) atoms. The molecule has 92 valence electrons. The highest BCUT2D eigenvalue weighted by Gasteiger charge is 2.10. The van der Waals surface area contributed by atoms with Crippen molar-refractivity contribution in [2.24, 2.45) is 0 Å². The monoisotopic (exact) mass is 260 g/mol. The van der Waals surface area contributed by atoms with Gasteiger partial charge in [-0.15, -0.1) is 0 Å². The molecule has 3 nitrogen and oxygen atoms in total. The Morgan fingerprint density at radius 1 is 1.17 bits per heavy atom. The quantitative estimate of drug-likeness (QED) is 0.812. The third-order valence-corrected chi connectivity index (χ3v) is 3.09. The van der Waals surface area contributed by atoms with Crippen molar-refractivity contribution < 1.29 is 4.79 Å². The number of hydrogen-bond donors (Lipinski definition) is 2. The SMILES string of the molecule is Cc1c(Cl)cccc1C(=O)Nc1ccc(N)cc1. The Labute approximate surface area is 111 Å². The second kappa shape index (κ2) is 5.10. The van der Waals surface area contributed by atoms with E-state index < -0.39 is 0 Å². The fourth-order valence-electron chi connectivity index (χ4n) is 1.62. The number of benzene rings is 2. The molecule has 3 N–H and O–H groups in total. The van der Waals surface area contributed by atoms with E-state index in [1.54, 1.807) is 42.5 Å². The summed E-state index contributed by atoms with van der Waals surface area (Å²) in [6.07, 6.45) is 0. The number of nitrogens with one attached hydrogen (secondary N) is 1. The van der Waals surface area contributed by atoms with Gasteiger partial charge in [0, 0.05) is 22.0 Å². The van der Waals surface area contributed by atoms with Crippen LogP contribution in [0, 0.1) is 6.92 Å². The van der Waals surface area contributed by atoms with Crippen molar-refractivity contribution in [2.45, 2.75) is 6.92 Å². The van der Waals surface area contributed by atoms with Crippen molar-refractivity contribution in [3.8, 4) is 0 Å². The van der Waals surface area contributed by atoms with Gasteiger partial charge in [-0.05, 0) is 48.9 Å². The van der Waals surface area contributed by atoms with Crippen LogP contribution in [0.4, 0.5) is 11.4 Å². The maximum atomic E-state index is 12.1. The highest BCUT2D eigenvalue weighted by Crippen LogP contribution is 2.20. The number of carbonyl (C=O) groups is 1. The Morgan fingerprint density at radius 3 is 2.50 bits per heavy atom. The first-order chi connectivity index (χ1) is 8.58. The molecule has 0 fully saturated rings. The first-order valence-corrected chi connectivity index (χ1v) is 5.88. The van der Waals surface area contributed by atoms with Crippen LogP contribution in [0.15, 0.2) is 42.5 Å². The molecule has 0 atom stereocenters. The Kier molecular flexibility index (Phi) is 3.53. The van der Waals surface area contributed by atoms with Gasteiger partial charge in [-0.2, -0.15) is 0 Å². The van der Waals surface area contributed by atoms with Gasteiger partial charge in [-0.1, -0.05) is 17.7 Å². The van der Waals surface area contributed by atoms with Crippen LogP contribution >= 0.6 is 11.6 Å². The summed E-state index contributed by atoms with van der Waals surface area (Å²) in [6.45, 7) is 1.82. The van der Waals surface area contributed by atoms with Crippen LogP contribution in [0.1, 0.15) is 15.9 Å². The predicted octanol–water partition coefficient (Wildman–Crippen LogP) is 3.48. The number of rotatable bonds is 2. The topological polar surface area (TPSA) is 55.1 Å². The molecule has 1 amide bonds. The Morgan fingerprint density at radius 2 is 1.83 bits per heavy atom. The zero-order valence-electron chi connectivity index (χ0n) is 9.91. The summed E-state index contributed by atoms with van der Waals surface area (Å²) < 4.78 is 0. The third kappa shape index (κ3) is 2.63. The molecule has 0 radical (unpaired) electrons. The van der Waals surface area contributed by atoms with Crippen LogP contribution in [0.5, 0.6) is 0 Å².